The number of hydrogen-bond acceptors (Lipinski definition) is 6. The second-order valence-corrected chi connectivity index (χ2v) is 21.0. The quantitative estimate of drug-likeness (QED) is 0.162. The van der Waals surface area contributed by atoms with Crippen LogP contribution in [0.2, 0.25) is 13.1 Å². The molecule has 0 spiro atoms. The van der Waals surface area contributed by atoms with Crippen LogP contribution in [0.4, 0.5) is 0 Å². The first-order valence-corrected chi connectivity index (χ1v) is 23.7. The minimum Gasteiger partial charge on any atom is -0.278 e. The summed E-state index contributed by atoms with van der Waals surface area (Å²) >= 11 is 1.85. The van der Waals surface area contributed by atoms with Gasteiger partial charge in [0.15, 0.2) is 17.5 Å². The van der Waals surface area contributed by atoms with Crippen LogP contribution in [0.25, 0.3) is 105 Å². The predicted octanol–water partition coefficient (Wildman–Crippen LogP) is 11.6. The zero-order valence-electron chi connectivity index (χ0n) is 32.3. The van der Waals surface area contributed by atoms with Crippen LogP contribution in [-0.4, -0.2) is 37.6 Å². The summed E-state index contributed by atoms with van der Waals surface area (Å²) < 4.78 is 4.71. The Morgan fingerprint density at radius 2 is 1.02 bits per heavy atom. The Morgan fingerprint density at radius 3 is 1.78 bits per heavy atom. The van der Waals surface area contributed by atoms with Crippen molar-refractivity contribution in [1.82, 2.24) is 29.5 Å². The Morgan fingerprint density at radius 1 is 0.441 bits per heavy atom. The van der Waals surface area contributed by atoms with E-state index in [1.807, 2.05) is 72.0 Å². The Kier molecular flexibility index (Phi) is 7.45. The van der Waals surface area contributed by atoms with Crippen LogP contribution in [0.3, 0.4) is 0 Å². The Bertz CT molecular complexity index is 3430. The number of rotatable bonds is 5. The fourth-order valence-electron chi connectivity index (χ4n) is 9.10. The highest BCUT2D eigenvalue weighted by Crippen LogP contribution is 2.42. The standard InChI is InChI=1S/C51H34N6SSi/c1-59(2)43-27-14-11-22-37(43)44-47(59)45(38-24-15-23-36-35-21-10-13-26-42(35)58-46(36)38)53-50(52-44)33-28-29-41-39(30-33)34-20-9-12-25-40(34)57(41)51-55-48(31-16-5-3-6-17-31)54-49(56-51)32-18-7-4-8-19-32/h3-30H,1-2H3. The van der Waals surface area contributed by atoms with Gasteiger partial charge in [-0.1, -0.05) is 153 Å². The van der Waals surface area contributed by atoms with Crippen LogP contribution in [0.15, 0.2) is 170 Å². The largest absolute Gasteiger partial charge is 0.278 e. The third kappa shape index (κ3) is 5.20. The summed E-state index contributed by atoms with van der Waals surface area (Å²) in [7, 11) is -2.17. The molecule has 6 nitrogen and oxygen atoms in total. The van der Waals surface area contributed by atoms with E-state index in [4.69, 9.17) is 24.9 Å². The molecule has 0 saturated heterocycles. The van der Waals surface area contributed by atoms with Gasteiger partial charge in [0.25, 0.3) is 0 Å². The van der Waals surface area contributed by atoms with Crippen LogP contribution in [0.1, 0.15) is 0 Å². The summed E-state index contributed by atoms with van der Waals surface area (Å²) in [5, 5.41) is 7.45. The maximum Gasteiger partial charge on any atom is 0.238 e. The summed E-state index contributed by atoms with van der Waals surface area (Å²) in [6, 6.07) is 59.6. The van der Waals surface area contributed by atoms with Gasteiger partial charge in [0, 0.05) is 53.2 Å². The Hall–Kier alpha value is -7.13. The molecule has 0 bridgehead atoms. The number of benzene rings is 7. The van der Waals surface area contributed by atoms with Crippen LogP contribution >= 0.6 is 11.3 Å². The van der Waals surface area contributed by atoms with Crippen molar-refractivity contribution in [3.05, 3.63) is 170 Å². The molecule has 0 aliphatic carbocycles. The normalized spacial score (nSPS) is 13.1. The molecule has 278 valence electrons. The first-order valence-electron chi connectivity index (χ1n) is 19.9. The number of fused-ring (bicyclic) bond motifs is 9. The lowest BCUT2D eigenvalue weighted by atomic mass is 10.0. The molecule has 0 saturated carbocycles. The van der Waals surface area contributed by atoms with Gasteiger partial charge in [0.2, 0.25) is 5.95 Å². The van der Waals surface area contributed by atoms with Crippen molar-refractivity contribution in [3.8, 4) is 62.6 Å². The van der Waals surface area contributed by atoms with E-state index in [1.165, 1.54) is 41.7 Å². The van der Waals surface area contributed by atoms with Gasteiger partial charge < -0.3 is 0 Å². The highest BCUT2D eigenvalue weighted by atomic mass is 32.1. The maximum atomic E-state index is 5.62. The van der Waals surface area contributed by atoms with Crippen LogP contribution < -0.4 is 10.4 Å². The summed E-state index contributed by atoms with van der Waals surface area (Å²) in [5.41, 5.74) is 9.33. The van der Waals surface area contributed by atoms with Crippen molar-refractivity contribution in [2.24, 2.45) is 0 Å². The molecule has 0 atom stereocenters. The van der Waals surface area contributed by atoms with E-state index in [1.54, 1.807) is 0 Å². The van der Waals surface area contributed by atoms with Crippen molar-refractivity contribution in [1.29, 1.82) is 0 Å². The number of hydrogen-bond donors (Lipinski definition) is 0. The summed E-state index contributed by atoms with van der Waals surface area (Å²) in [4.78, 5) is 26.4. The van der Waals surface area contributed by atoms with Crippen molar-refractivity contribution in [3.63, 3.8) is 0 Å². The molecule has 12 rings (SSSR count). The van der Waals surface area contributed by atoms with Crippen molar-refractivity contribution in [2.45, 2.75) is 13.1 Å². The molecular weight excluding hydrogens is 757 g/mol. The van der Waals surface area contributed by atoms with Gasteiger partial charge >= 0.3 is 0 Å². The molecule has 0 N–H and O–H groups in total. The second kappa shape index (κ2) is 12.9. The summed E-state index contributed by atoms with van der Waals surface area (Å²) in [6.45, 7) is 4.90. The Labute approximate surface area is 345 Å². The van der Waals surface area contributed by atoms with Crippen LogP contribution in [0.5, 0.6) is 0 Å². The van der Waals surface area contributed by atoms with E-state index in [-0.39, 0.29) is 0 Å². The first-order chi connectivity index (χ1) is 29.0. The fourth-order valence-corrected chi connectivity index (χ4v) is 13.5. The van der Waals surface area contributed by atoms with Gasteiger partial charge in [0.05, 0.1) is 22.4 Å². The fraction of sp³-hybridized carbons (Fsp3) is 0.0392. The van der Waals surface area contributed by atoms with E-state index in [0.29, 0.717) is 17.6 Å². The molecule has 4 aromatic heterocycles. The van der Waals surface area contributed by atoms with E-state index < -0.39 is 8.07 Å². The molecule has 0 amide bonds. The molecule has 0 radical (unpaired) electrons. The van der Waals surface area contributed by atoms with E-state index in [2.05, 4.69) is 127 Å². The number of para-hydroxylation sites is 1. The minimum atomic E-state index is -2.17. The second-order valence-electron chi connectivity index (χ2n) is 15.7. The molecule has 0 unspecified atom stereocenters. The van der Waals surface area contributed by atoms with E-state index in [0.717, 1.165) is 55.7 Å². The van der Waals surface area contributed by atoms with Crippen molar-refractivity contribution < 1.29 is 0 Å². The summed E-state index contributed by atoms with van der Waals surface area (Å²) in [6.07, 6.45) is 0. The number of nitrogens with zero attached hydrogens (tertiary/aromatic N) is 6. The molecular formula is C51H34N6SSi. The zero-order chi connectivity index (χ0) is 39.2. The molecule has 1 aliphatic heterocycles. The number of aromatic nitrogens is 6. The molecule has 11 aromatic rings. The van der Waals surface area contributed by atoms with Gasteiger partial charge in [-0.3, -0.25) is 4.57 Å². The smallest absolute Gasteiger partial charge is 0.238 e. The summed E-state index contributed by atoms with van der Waals surface area (Å²) in [5.74, 6) is 2.52. The van der Waals surface area contributed by atoms with Crippen molar-refractivity contribution >= 4 is 71.8 Å². The highest BCUT2D eigenvalue weighted by Gasteiger charge is 2.42. The lowest BCUT2D eigenvalue weighted by Crippen LogP contribution is -2.50. The average Bonchev–Trinajstić information content (AvgIpc) is 3.92. The van der Waals surface area contributed by atoms with Crippen LogP contribution in [0, 0.1) is 0 Å². The lowest BCUT2D eigenvalue weighted by Gasteiger charge is -2.22. The minimum absolute atomic E-state index is 0.563. The molecule has 59 heavy (non-hydrogen) atoms. The molecule has 0 fully saturated rings. The SMILES string of the molecule is C[Si]1(C)c2ccccc2-c2nc(-c3ccc4c(c3)c3ccccc3n4-c3nc(-c4ccccc4)nc(-c4ccccc4)n3)nc(-c3cccc4c3sc3ccccc34)c21. The highest BCUT2D eigenvalue weighted by molar-refractivity contribution is 7.26. The van der Waals surface area contributed by atoms with E-state index >= 15 is 0 Å². The van der Waals surface area contributed by atoms with Gasteiger partial charge in [-0.05, 0) is 46.3 Å². The molecule has 7 aromatic carbocycles. The average molecular weight is 791 g/mol. The zero-order valence-corrected chi connectivity index (χ0v) is 34.1. The first kappa shape index (κ1) is 34.0. The predicted molar refractivity (Wildman–Crippen MR) is 247 cm³/mol. The van der Waals surface area contributed by atoms with Gasteiger partial charge in [0.1, 0.15) is 8.07 Å². The third-order valence-corrected chi connectivity index (χ3v) is 16.6. The lowest BCUT2D eigenvalue weighted by molar-refractivity contribution is 0.953. The van der Waals surface area contributed by atoms with Crippen LogP contribution in [-0.2, 0) is 0 Å². The topological polar surface area (TPSA) is 69.4 Å². The maximum absolute atomic E-state index is 5.62. The monoisotopic (exact) mass is 790 g/mol. The van der Waals surface area contributed by atoms with Gasteiger partial charge in [-0.15, -0.1) is 11.3 Å². The molecule has 8 heteroatoms. The van der Waals surface area contributed by atoms with E-state index in [9.17, 15) is 0 Å². The van der Waals surface area contributed by atoms with Gasteiger partial charge in [-0.2, -0.15) is 9.97 Å². The molecule has 5 heterocycles. The number of thiophene rings is 1. The third-order valence-electron chi connectivity index (χ3n) is 11.9. The molecule has 1 aliphatic rings. The van der Waals surface area contributed by atoms with Crippen molar-refractivity contribution in [2.75, 3.05) is 0 Å². The Balaban J connectivity index is 1.10. The van der Waals surface area contributed by atoms with Gasteiger partial charge in [-0.25, -0.2) is 15.0 Å².